The lowest BCUT2D eigenvalue weighted by Crippen LogP contribution is -2.30. The first-order valence-corrected chi connectivity index (χ1v) is 8.46. The van der Waals surface area contributed by atoms with Crippen LogP contribution in [0.25, 0.3) is 0 Å². The number of hydrogen-bond acceptors (Lipinski definition) is 4. The second-order valence-corrected chi connectivity index (χ2v) is 6.39. The Bertz CT molecular complexity index is 806. The number of ether oxygens (including phenoxy) is 2. The predicted octanol–water partition coefficient (Wildman–Crippen LogP) is 4.18. The maximum atomic E-state index is 13.6. The highest BCUT2D eigenvalue weighted by Crippen LogP contribution is 2.17. The zero-order valence-corrected chi connectivity index (χ0v) is 15.3. The first-order chi connectivity index (χ1) is 12.8. The van der Waals surface area contributed by atoms with Crippen LogP contribution >= 0.6 is 0 Å². The van der Waals surface area contributed by atoms with Gasteiger partial charge < -0.3 is 14.8 Å². The molecule has 0 radical (unpaired) electrons. The molecule has 0 heterocycles. The van der Waals surface area contributed by atoms with E-state index in [2.05, 4.69) is 5.32 Å². The summed E-state index contributed by atoms with van der Waals surface area (Å²) in [6.07, 6.45) is -1.20. The minimum Gasteiger partial charge on any atom is -0.493 e. The number of anilines is 1. The number of benzene rings is 2. The number of carbonyl (C=O) groups excluding carboxylic acids is 2. The van der Waals surface area contributed by atoms with Gasteiger partial charge in [0, 0.05) is 6.07 Å². The molecule has 1 atom stereocenters. The first-order valence-electron chi connectivity index (χ1n) is 8.46. The third kappa shape index (κ3) is 6.06. The standard InChI is InChI=1S/C20H21F2NO4/c1-12(2)11-26-16-7-4-14(5-8-16)20(25)27-13(3)19(24)23-18-10-15(21)6-9-17(18)22/h4-10,12-13H,11H2,1-3H3,(H,23,24)/t13-/m1/s1. The van der Waals surface area contributed by atoms with Gasteiger partial charge in [-0.3, -0.25) is 4.79 Å². The van der Waals surface area contributed by atoms with E-state index in [4.69, 9.17) is 9.47 Å². The maximum Gasteiger partial charge on any atom is 0.338 e. The number of hydrogen-bond donors (Lipinski definition) is 1. The lowest BCUT2D eigenvalue weighted by Gasteiger charge is -2.14. The molecule has 0 spiro atoms. The van der Waals surface area contributed by atoms with E-state index < -0.39 is 29.6 Å². The Morgan fingerprint density at radius 3 is 2.33 bits per heavy atom. The van der Waals surface area contributed by atoms with Crippen molar-refractivity contribution in [3.05, 3.63) is 59.7 Å². The fraction of sp³-hybridized carbons (Fsp3) is 0.300. The van der Waals surface area contributed by atoms with Crippen LogP contribution in [0.4, 0.5) is 14.5 Å². The van der Waals surface area contributed by atoms with Crippen molar-refractivity contribution in [2.45, 2.75) is 26.9 Å². The summed E-state index contributed by atoms with van der Waals surface area (Å²) in [5.74, 6) is -1.99. The van der Waals surface area contributed by atoms with Gasteiger partial charge in [0.25, 0.3) is 5.91 Å². The molecule has 0 aliphatic carbocycles. The van der Waals surface area contributed by atoms with Gasteiger partial charge in [0.2, 0.25) is 0 Å². The molecule has 144 valence electrons. The summed E-state index contributed by atoms with van der Waals surface area (Å²) < 4.78 is 37.3. The molecule has 7 heteroatoms. The minimum absolute atomic E-state index is 0.239. The monoisotopic (exact) mass is 377 g/mol. The zero-order chi connectivity index (χ0) is 20.0. The fourth-order valence-corrected chi connectivity index (χ4v) is 2.06. The molecule has 0 fully saturated rings. The molecule has 0 saturated carbocycles. The number of nitrogens with one attached hydrogen (secondary N) is 1. The summed E-state index contributed by atoms with van der Waals surface area (Å²) >= 11 is 0. The highest BCUT2D eigenvalue weighted by molar-refractivity contribution is 5.97. The highest BCUT2D eigenvalue weighted by atomic mass is 19.1. The van der Waals surface area contributed by atoms with E-state index in [1.807, 2.05) is 13.8 Å². The molecule has 0 aliphatic rings. The topological polar surface area (TPSA) is 64.6 Å². The van der Waals surface area contributed by atoms with Gasteiger partial charge in [-0.2, -0.15) is 0 Å². The Hall–Kier alpha value is -2.96. The summed E-state index contributed by atoms with van der Waals surface area (Å²) in [4.78, 5) is 24.2. The highest BCUT2D eigenvalue weighted by Gasteiger charge is 2.20. The van der Waals surface area contributed by atoms with Crippen LogP contribution in [-0.4, -0.2) is 24.6 Å². The lowest BCUT2D eigenvalue weighted by molar-refractivity contribution is -0.123. The maximum absolute atomic E-state index is 13.6. The van der Waals surface area contributed by atoms with E-state index in [1.165, 1.54) is 19.1 Å². The average Bonchev–Trinajstić information content (AvgIpc) is 2.63. The number of amides is 1. The SMILES string of the molecule is CC(C)COc1ccc(C(=O)O[C@H](C)C(=O)Nc2cc(F)ccc2F)cc1. The van der Waals surface area contributed by atoms with Crippen LogP contribution in [0.15, 0.2) is 42.5 Å². The third-order valence-corrected chi connectivity index (χ3v) is 3.51. The molecule has 2 rings (SSSR count). The molecule has 0 aromatic heterocycles. The van der Waals surface area contributed by atoms with Crippen molar-refractivity contribution in [3.8, 4) is 5.75 Å². The quantitative estimate of drug-likeness (QED) is 0.735. The summed E-state index contributed by atoms with van der Waals surface area (Å²) in [6, 6.07) is 8.98. The molecule has 5 nitrogen and oxygen atoms in total. The Labute approximate surface area is 156 Å². The molecule has 27 heavy (non-hydrogen) atoms. The Morgan fingerprint density at radius 2 is 1.70 bits per heavy atom. The van der Waals surface area contributed by atoms with Crippen molar-refractivity contribution >= 4 is 17.6 Å². The second-order valence-electron chi connectivity index (χ2n) is 6.39. The normalized spacial score (nSPS) is 11.8. The van der Waals surface area contributed by atoms with Gasteiger partial charge in [-0.25, -0.2) is 13.6 Å². The van der Waals surface area contributed by atoms with E-state index in [9.17, 15) is 18.4 Å². The largest absolute Gasteiger partial charge is 0.493 e. The summed E-state index contributed by atoms with van der Waals surface area (Å²) in [5, 5.41) is 2.19. The second kappa shape index (κ2) is 9.12. The van der Waals surface area contributed by atoms with Crippen LogP contribution in [0.3, 0.4) is 0 Å². The van der Waals surface area contributed by atoms with E-state index in [-0.39, 0.29) is 11.3 Å². The summed E-state index contributed by atoms with van der Waals surface area (Å²) in [7, 11) is 0. The van der Waals surface area contributed by atoms with Crippen LogP contribution in [0, 0.1) is 17.6 Å². The van der Waals surface area contributed by atoms with Crippen molar-refractivity contribution in [1.29, 1.82) is 0 Å². The molecular weight excluding hydrogens is 356 g/mol. The van der Waals surface area contributed by atoms with Crippen molar-refractivity contribution in [3.63, 3.8) is 0 Å². The van der Waals surface area contributed by atoms with E-state index in [1.54, 1.807) is 12.1 Å². The van der Waals surface area contributed by atoms with Gasteiger partial charge in [0.05, 0.1) is 17.9 Å². The molecular formula is C20H21F2NO4. The van der Waals surface area contributed by atoms with Gasteiger partial charge in [0.15, 0.2) is 6.10 Å². The zero-order valence-electron chi connectivity index (χ0n) is 15.3. The van der Waals surface area contributed by atoms with Gasteiger partial charge >= 0.3 is 5.97 Å². The summed E-state index contributed by atoms with van der Waals surface area (Å²) in [5.41, 5.74) is -0.0852. The molecule has 2 aromatic carbocycles. The first kappa shape index (κ1) is 20.4. The van der Waals surface area contributed by atoms with E-state index in [0.29, 0.717) is 18.3 Å². The number of rotatable bonds is 7. The fourth-order valence-electron chi connectivity index (χ4n) is 2.06. The minimum atomic E-state index is -1.20. The average molecular weight is 377 g/mol. The molecule has 2 aromatic rings. The molecule has 0 unspecified atom stereocenters. The van der Waals surface area contributed by atoms with E-state index in [0.717, 1.165) is 18.2 Å². The van der Waals surface area contributed by atoms with Crippen molar-refractivity contribution < 1.29 is 27.8 Å². The Morgan fingerprint density at radius 1 is 1.04 bits per heavy atom. The van der Waals surface area contributed by atoms with Crippen LogP contribution < -0.4 is 10.1 Å². The number of carbonyl (C=O) groups is 2. The molecule has 0 bridgehead atoms. The molecule has 0 aliphatic heterocycles. The van der Waals surface area contributed by atoms with Gasteiger partial charge in [-0.05, 0) is 49.2 Å². The van der Waals surface area contributed by atoms with Crippen molar-refractivity contribution in [2.24, 2.45) is 5.92 Å². The smallest absolute Gasteiger partial charge is 0.338 e. The Balaban J connectivity index is 1.94. The van der Waals surface area contributed by atoms with Crippen LogP contribution in [-0.2, 0) is 9.53 Å². The molecule has 1 N–H and O–H groups in total. The van der Waals surface area contributed by atoms with Crippen molar-refractivity contribution in [1.82, 2.24) is 0 Å². The van der Waals surface area contributed by atoms with Crippen LogP contribution in [0.2, 0.25) is 0 Å². The number of esters is 1. The molecule has 1 amide bonds. The third-order valence-electron chi connectivity index (χ3n) is 3.51. The van der Waals surface area contributed by atoms with Crippen LogP contribution in [0.5, 0.6) is 5.75 Å². The molecule has 0 saturated heterocycles. The Kier molecular flexibility index (Phi) is 6.87. The van der Waals surface area contributed by atoms with Gasteiger partial charge in [-0.15, -0.1) is 0 Å². The summed E-state index contributed by atoms with van der Waals surface area (Å²) in [6.45, 7) is 5.93. The van der Waals surface area contributed by atoms with Gasteiger partial charge in [-0.1, -0.05) is 13.8 Å². The van der Waals surface area contributed by atoms with Crippen LogP contribution in [0.1, 0.15) is 31.1 Å². The lowest BCUT2D eigenvalue weighted by atomic mass is 10.2. The van der Waals surface area contributed by atoms with Crippen molar-refractivity contribution in [2.75, 3.05) is 11.9 Å². The van der Waals surface area contributed by atoms with Gasteiger partial charge in [0.1, 0.15) is 17.4 Å². The van der Waals surface area contributed by atoms with E-state index >= 15 is 0 Å². The number of halogens is 2. The predicted molar refractivity (Wildman–Crippen MR) is 96.6 cm³/mol.